The molecule has 0 bridgehead atoms. The molecule has 1 N–H and O–H groups in total. The van der Waals surface area contributed by atoms with Crippen LogP contribution in [-0.4, -0.2) is 23.7 Å². The summed E-state index contributed by atoms with van der Waals surface area (Å²) in [7, 11) is 0. The van der Waals surface area contributed by atoms with Gasteiger partial charge < -0.3 is 19.2 Å². The maximum atomic E-state index is 12.6. The number of ether oxygens (including phenoxy) is 2. The minimum Gasteiger partial charge on any atom is -0.444 e. The van der Waals surface area contributed by atoms with Crippen molar-refractivity contribution < 1.29 is 23.5 Å². The van der Waals surface area contributed by atoms with Gasteiger partial charge in [-0.1, -0.05) is 13.3 Å². The molecule has 0 fully saturated rings. The molecule has 0 unspecified atom stereocenters. The molecule has 2 rings (SSSR count). The first-order chi connectivity index (χ1) is 13.5. The normalized spacial score (nSPS) is 12.5. The number of amides is 1. The number of hydrogen-bond acceptors (Lipinski definition) is 6. The number of esters is 1. The van der Waals surface area contributed by atoms with Crippen LogP contribution >= 0.6 is 0 Å². The zero-order chi connectivity index (χ0) is 21.8. The maximum absolute atomic E-state index is 12.6. The third-order valence-corrected chi connectivity index (χ3v) is 4.13. The second-order valence-corrected chi connectivity index (χ2v) is 8.12. The third kappa shape index (κ3) is 6.34. The Kier molecular flexibility index (Phi) is 7.06. The number of carbonyl (C=O) groups excluding carboxylic acids is 2. The minimum absolute atomic E-state index is 0.303. The van der Waals surface area contributed by atoms with Crippen molar-refractivity contribution in [3.63, 3.8) is 0 Å². The van der Waals surface area contributed by atoms with Gasteiger partial charge in [0.25, 0.3) is 0 Å². The van der Waals surface area contributed by atoms with Gasteiger partial charge >= 0.3 is 17.7 Å². The molecular formula is C22H29NO6. The van der Waals surface area contributed by atoms with Gasteiger partial charge in [0.1, 0.15) is 23.0 Å². The van der Waals surface area contributed by atoms with Crippen molar-refractivity contribution in [3.05, 3.63) is 39.7 Å². The maximum Gasteiger partial charge on any atom is 0.408 e. The van der Waals surface area contributed by atoms with Crippen LogP contribution in [0.5, 0.6) is 5.75 Å². The first-order valence-electron chi connectivity index (χ1n) is 9.78. The average Bonchev–Trinajstić information content (AvgIpc) is 2.56. The lowest BCUT2D eigenvalue weighted by Gasteiger charge is -2.21. The molecule has 0 aliphatic carbocycles. The van der Waals surface area contributed by atoms with Gasteiger partial charge in [0, 0.05) is 6.07 Å². The number of nitrogens with one attached hydrogen (secondary N) is 1. The fourth-order valence-corrected chi connectivity index (χ4v) is 2.86. The lowest BCUT2D eigenvalue weighted by Crippen LogP contribution is -2.43. The number of benzene rings is 1. The van der Waals surface area contributed by atoms with Crippen molar-refractivity contribution in [2.24, 2.45) is 0 Å². The Balaban J connectivity index is 2.31. The van der Waals surface area contributed by atoms with E-state index in [4.69, 9.17) is 13.9 Å². The van der Waals surface area contributed by atoms with Crippen LogP contribution < -0.4 is 15.7 Å². The molecule has 0 aliphatic heterocycles. The first kappa shape index (κ1) is 22.5. The molecule has 158 valence electrons. The molecule has 1 aromatic carbocycles. The molecule has 1 amide bonds. The number of fused-ring (bicyclic) bond motifs is 1. The second kappa shape index (κ2) is 9.11. The van der Waals surface area contributed by atoms with E-state index >= 15 is 0 Å². The van der Waals surface area contributed by atoms with E-state index in [0.717, 1.165) is 24.0 Å². The van der Waals surface area contributed by atoms with Crippen LogP contribution in [0.4, 0.5) is 4.79 Å². The van der Waals surface area contributed by atoms with Gasteiger partial charge in [-0.2, -0.15) is 0 Å². The highest BCUT2D eigenvalue weighted by atomic mass is 16.6. The summed E-state index contributed by atoms with van der Waals surface area (Å²) in [5.41, 5.74) is 0.815. The fraction of sp³-hybridized carbons (Fsp3) is 0.500. The molecule has 29 heavy (non-hydrogen) atoms. The van der Waals surface area contributed by atoms with Crippen LogP contribution in [0.2, 0.25) is 0 Å². The predicted molar refractivity (Wildman–Crippen MR) is 110 cm³/mol. The average molecular weight is 403 g/mol. The number of hydrogen-bond donors (Lipinski definition) is 1. The zero-order valence-electron chi connectivity index (χ0n) is 17.9. The predicted octanol–water partition coefficient (Wildman–Crippen LogP) is 4.26. The topological polar surface area (TPSA) is 94.8 Å². The number of rotatable bonds is 6. The molecule has 1 aromatic heterocycles. The van der Waals surface area contributed by atoms with E-state index in [2.05, 4.69) is 12.2 Å². The van der Waals surface area contributed by atoms with Gasteiger partial charge in [-0.15, -0.1) is 0 Å². The summed E-state index contributed by atoms with van der Waals surface area (Å²) in [6.07, 6.45) is 1.80. The lowest BCUT2D eigenvalue weighted by atomic mass is 10.0. The Labute approximate surface area is 170 Å². The van der Waals surface area contributed by atoms with E-state index in [1.54, 1.807) is 32.9 Å². The molecule has 7 nitrogen and oxygen atoms in total. The second-order valence-electron chi connectivity index (χ2n) is 8.12. The summed E-state index contributed by atoms with van der Waals surface area (Å²) in [6, 6.07) is 3.98. The third-order valence-electron chi connectivity index (χ3n) is 4.13. The summed E-state index contributed by atoms with van der Waals surface area (Å²) < 4.78 is 16.1. The molecule has 0 spiro atoms. The van der Waals surface area contributed by atoms with Crippen molar-refractivity contribution in [1.29, 1.82) is 0 Å². The van der Waals surface area contributed by atoms with E-state index in [1.807, 2.05) is 6.92 Å². The number of unbranched alkanes of at least 4 members (excludes halogenated alkanes) is 1. The summed E-state index contributed by atoms with van der Waals surface area (Å²) in [5.74, 6) is -0.340. The standard InChI is InChI=1S/C22H29NO6/c1-7-8-9-15-12-18(24)27-16-10-13(2)11-17(19(15)16)28-20(25)14(3)23-21(26)29-22(4,5)6/h10-12,14H,7-9H2,1-6H3,(H,23,26)/t14-/m0/s1. The van der Waals surface area contributed by atoms with Gasteiger partial charge in [0.15, 0.2) is 0 Å². The van der Waals surface area contributed by atoms with Gasteiger partial charge in [0.05, 0.1) is 5.39 Å². The number of carbonyl (C=O) groups is 2. The van der Waals surface area contributed by atoms with Gasteiger partial charge in [-0.25, -0.2) is 14.4 Å². The molecule has 0 aliphatic rings. The van der Waals surface area contributed by atoms with E-state index in [9.17, 15) is 14.4 Å². The molecule has 0 radical (unpaired) electrons. The van der Waals surface area contributed by atoms with Crippen LogP contribution in [-0.2, 0) is 16.0 Å². The summed E-state index contributed by atoms with van der Waals surface area (Å²) >= 11 is 0. The molecule has 0 saturated carbocycles. The Bertz CT molecular complexity index is 954. The van der Waals surface area contributed by atoms with Crippen LogP contribution in [0, 0.1) is 6.92 Å². The highest BCUT2D eigenvalue weighted by Crippen LogP contribution is 2.31. The van der Waals surface area contributed by atoms with Crippen molar-refractivity contribution >= 4 is 23.0 Å². The van der Waals surface area contributed by atoms with Gasteiger partial charge in [-0.05, 0) is 70.7 Å². The smallest absolute Gasteiger partial charge is 0.408 e. The van der Waals surface area contributed by atoms with Crippen LogP contribution in [0.3, 0.4) is 0 Å². The summed E-state index contributed by atoms with van der Waals surface area (Å²) in [4.78, 5) is 36.4. The van der Waals surface area contributed by atoms with E-state index in [-0.39, 0.29) is 0 Å². The van der Waals surface area contributed by atoms with Crippen molar-refractivity contribution in [2.75, 3.05) is 0 Å². The summed E-state index contributed by atoms with van der Waals surface area (Å²) in [6.45, 7) is 10.6. The van der Waals surface area contributed by atoms with Gasteiger partial charge in [0.2, 0.25) is 0 Å². The molecular weight excluding hydrogens is 374 g/mol. The van der Waals surface area contributed by atoms with Crippen molar-refractivity contribution in [2.45, 2.75) is 72.4 Å². The number of alkyl carbamates (subject to hydrolysis) is 1. The molecule has 0 saturated heterocycles. The van der Waals surface area contributed by atoms with Crippen molar-refractivity contribution in [3.8, 4) is 5.75 Å². The van der Waals surface area contributed by atoms with Crippen LogP contribution in [0.15, 0.2) is 27.4 Å². The summed E-state index contributed by atoms with van der Waals surface area (Å²) in [5, 5.41) is 3.07. The number of aryl methyl sites for hydroxylation is 2. The first-order valence-corrected chi connectivity index (χ1v) is 9.78. The monoisotopic (exact) mass is 403 g/mol. The largest absolute Gasteiger partial charge is 0.444 e. The molecule has 7 heteroatoms. The lowest BCUT2D eigenvalue weighted by molar-refractivity contribution is -0.136. The Morgan fingerprint density at radius 2 is 1.90 bits per heavy atom. The fourth-order valence-electron chi connectivity index (χ4n) is 2.86. The van der Waals surface area contributed by atoms with Crippen LogP contribution in [0.1, 0.15) is 58.6 Å². The highest BCUT2D eigenvalue weighted by molar-refractivity contribution is 5.91. The zero-order valence-corrected chi connectivity index (χ0v) is 17.9. The quantitative estimate of drug-likeness (QED) is 0.440. The molecule has 2 aromatic rings. The van der Waals surface area contributed by atoms with E-state index in [1.165, 1.54) is 13.0 Å². The molecule has 1 heterocycles. The van der Waals surface area contributed by atoms with E-state index < -0.39 is 29.3 Å². The molecule has 1 atom stereocenters. The van der Waals surface area contributed by atoms with E-state index in [0.29, 0.717) is 23.1 Å². The highest BCUT2D eigenvalue weighted by Gasteiger charge is 2.23. The van der Waals surface area contributed by atoms with Crippen molar-refractivity contribution in [1.82, 2.24) is 5.32 Å². The minimum atomic E-state index is -0.921. The Hall–Kier alpha value is -2.83. The Morgan fingerprint density at radius 3 is 2.52 bits per heavy atom. The van der Waals surface area contributed by atoms with Crippen LogP contribution in [0.25, 0.3) is 11.0 Å². The SMILES string of the molecule is CCCCc1cc(=O)oc2cc(C)cc(OC(=O)[C@H](C)NC(=O)OC(C)(C)C)c12. The van der Waals surface area contributed by atoms with Gasteiger partial charge in [-0.3, -0.25) is 0 Å². The Morgan fingerprint density at radius 1 is 1.21 bits per heavy atom.